The van der Waals surface area contributed by atoms with Crippen molar-refractivity contribution in [3.8, 4) is 5.75 Å². The van der Waals surface area contributed by atoms with Gasteiger partial charge in [0.2, 0.25) is 5.91 Å². The second-order valence-electron chi connectivity index (χ2n) is 5.89. The zero-order valence-electron chi connectivity index (χ0n) is 14.0. The third-order valence-corrected chi connectivity index (χ3v) is 5.03. The summed E-state index contributed by atoms with van der Waals surface area (Å²) < 4.78 is 5.16. The summed E-state index contributed by atoms with van der Waals surface area (Å²) in [4.78, 5) is 26.4. The summed E-state index contributed by atoms with van der Waals surface area (Å²) in [5.74, 6) is 0.612. The molecule has 2 aromatic rings. The van der Waals surface area contributed by atoms with Gasteiger partial charge in [-0.15, -0.1) is 11.3 Å². The van der Waals surface area contributed by atoms with Crippen LogP contribution >= 0.6 is 11.3 Å². The molecule has 3 rings (SSSR count). The summed E-state index contributed by atoms with van der Waals surface area (Å²) in [6, 6.07) is 11.0. The first kappa shape index (κ1) is 17.3. The van der Waals surface area contributed by atoms with E-state index >= 15 is 0 Å². The molecule has 1 aromatic carbocycles. The predicted octanol–water partition coefficient (Wildman–Crippen LogP) is 3.64. The second kappa shape index (κ2) is 8.02. The van der Waals surface area contributed by atoms with Gasteiger partial charge in [0.25, 0.3) is 0 Å². The number of thiophene rings is 1. The monoisotopic (exact) mass is 359 g/mol. The van der Waals surface area contributed by atoms with Crippen molar-refractivity contribution in [3.05, 3.63) is 41.8 Å². The standard InChI is InChI=1S/C18H21N3O3S/c1-24-15-5-2-4-14(12-15)19-17(22)13-7-9-21(10-8-13)18(23)20-16-6-3-11-25-16/h2-6,11-13H,7-10H2,1H3,(H,19,22)(H,20,23). The summed E-state index contributed by atoms with van der Waals surface area (Å²) in [6.07, 6.45) is 1.32. The van der Waals surface area contributed by atoms with Gasteiger partial charge in [0.15, 0.2) is 0 Å². The molecule has 2 N–H and O–H groups in total. The Balaban J connectivity index is 1.49. The molecule has 132 valence electrons. The van der Waals surface area contributed by atoms with Gasteiger partial charge < -0.3 is 15.0 Å². The highest BCUT2D eigenvalue weighted by atomic mass is 32.1. The molecule has 0 aliphatic carbocycles. The van der Waals surface area contributed by atoms with E-state index in [1.807, 2.05) is 35.7 Å². The van der Waals surface area contributed by atoms with Gasteiger partial charge in [-0.25, -0.2) is 4.79 Å². The minimum absolute atomic E-state index is 0.00781. The summed E-state index contributed by atoms with van der Waals surface area (Å²) in [5.41, 5.74) is 0.724. The first-order valence-electron chi connectivity index (χ1n) is 8.20. The molecule has 6 nitrogen and oxygen atoms in total. The van der Waals surface area contributed by atoms with E-state index in [-0.39, 0.29) is 17.9 Å². The van der Waals surface area contributed by atoms with Crippen LogP contribution in [0.1, 0.15) is 12.8 Å². The maximum Gasteiger partial charge on any atom is 0.322 e. The topological polar surface area (TPSA) is 70.7 Å². The molecule has 0 bridgehead atoms. The predicted molar refractivity (Wildman–Crippen MR) is 99.3 cm³/mol. The third kappa shape index (κ3) is 4.51. The van der Waals surface area contributed by atoms with E-state index in [1.165, 1.54) is 11.3 Å². The molecule has 7 heteroatoms. The molecule has 0 saturated carbocycles. The number of amides is 3. The first-order valence-corrected chi connectivity index (χ1v) is 9.08. The molecule has 0 spiro atoms. The van der Waals surface area contributed by atoms with Crippen LogP contribution in [0.4, 0.5) is 15.5 Å². The van der Waals surface area contributed by atoms with Crippen LogP contribution in [0.5, 0.6) is 5.75 Å². The lowest BCUT2D eigenvalue weighted by Crippen LogP contribution is -2.43. The van der Waals surface area contributed by atoms with Gasteiger partial charge >= 0.3 is 6.03 Å². The van der Waals surface area contributed by atoms with Crippen molar-refractivity contribution in [2.24, 2.45) is 5.92 Å². The first-order chi connectivity index (χ1) is 12.2. The molecule has 1 aromatic heterocycles. The maximum atomic E-state index is 12.4. The highest BCUT2D eigenvalue weighted by Gasteiger charge is 2.27. The molecule has 0 radical (unpaired) electrons. The number of likely N-dealkylation sites (tertiary alicyclic amines) is 1. The number of anilines is 2. The van der Waals surface area contributed by atoms with Crippen LogP contribution in [-0.4, -0.2) is 37.0 Å². The van der Waals surface area contributed by atoms with Crippen LogP contribution in [0.25, 0.3) is 0 Å². The fourth-order valence-electron chi connectivity index (χ4n) is 2.82. The summed E-state index contributed by atoms with van der Waals surface area (Å²) in [5, 5.41) is 8.57. The Bertz CT molecular complexity index is 725. The van der Waals surface area contributed by atoms with Gasteiger partial charge in [0.1, 0.15) is 5.75 Å². The lowest BCUT2D eigenvalue weighted by Gasteiger charge is -2.31. The minimum atomic E-state index is -0.103. The number of carbonyl (C=O) groups is 2. The highest BCUT2D eigenvalue weighted by molar-refractivity contribution is 7.14. The Labute approximate surface area is 150 Å². The van der Waals surface area contributed by atoms with Crippen LogP contribution < -0.4 is 15.4 Å². The molecule has 1 fully saturated rings. The number of hydrogen-bond donors (Lipinski definition) is 2. The Hall–Kier alpha value is -2.54. The Kier molecular flexibility index (Phi) is 5.55. The Morgan fingerprint density at radius 1 is 1.16 bits per heavy atom. The number of hydrogen-bond acceptors (Lipinski definition) is 4. The van der Waals surface area contributed by atoms with Crippen LogP contribution in [0, 0.1) is 5.92 Å². The van der Waals surface area contributed by atoms with E-state index in [1.54, 1.807) is 18.1 Å². The Morgan fingerprint density at radius 2 is 1.96 bits per heavy atom. The quantitative estimate of drug-likeness (QED) is 0.875. The van der Waals surface area contributed by atoms with Gasteiger partial charge in [-0.1, -0.05) is 6.07 Å². The molecular formula is C18H21N3O3S. The van der Waals surface area contributed by atoms with Crippen LogP contribution in [-0.2, 0) is 4.79 Å². The average molecular weight is 359 g/mol. The number of benzene rings is 1. The number of urea groups is 1. The molecule has 0 atom stereocenters. The molecule has 25 heavy (non-hydrogen) atoms. The molecule has 3 amide bonds. The average Bonchev–Trinajstić information content (AvgIpc) is 3.15. The minimum Gasteiger partial charge on any atom is -0.497 e. The number of carbonyl (C=O) groups excluding carboxylic acids is 2. The molecule has 1 saturated heterocycles. The lowest BCUT2D eigenvalue weighted by molar-refractivity contribution is -0.121. The van der Waals surface area contributed by atoms with Crippen LogP contribution in [0.3, 0.4) is 0 Å². The second-order valence-corrected chi connectivity index (χ2v) is 6.84. The number of piperidine rings is 1. The Morgan fingerprint density at radius 3 is 2.64 bits per heavy atom. The van der Waals surface area contributed by atoms with Crippen molar-refractivity contribution >= 4 is 34.0 Å². The van der Waals surface area contributed by atoms with Crippen molar-refractivity contribution in [3.63, 3.8) is 0 Å². The zero-order valence-corrected chi connectivity index (χ0v) is 14.8. The molecule has 2 heterocycles. The van der Waals surface area contributed by atoms with Gasteiger partial charge in [0, 0.05) is 30.8 Å². The van der Waals surface area contributed by atoms with E-state index in [0.29, 0.717) is 31.7 Å². The summed E-state index contributed by atoms with van der Waals surface area (Å²) in [6.45, 7) is 1.15. The largest absolute Gasteiger partial charge is 0.497 e. The van der Waals surface area contributed by atoms with Crippen molar-refractivity contribution in [2.75, 3.05) is 30.8 Å². The number of methoxy groups -OCH3 is 1. The number of nitrogens with one attached hydrogen (secondary N) is 2. The van der Waals surface area contributed by atoms with Gasteiger partial charge in [-0.2, -0.15) is 0 Å². The van der Waals surface area contributed by atoms with Crippen molar-refractivity contribution in [1.82, 2.24) is 4.90 Å². The SMILES string of the molecule is COc1cccc(NC(=O)C2CCN(C(=O)Nc3cccs3)CC2)c1. The van der Waals surface area contributed by atoms with Gasteiger partial charge in [0.05, 0.1) is 12.1 Å². The zero-order chi connectivity index (χ0) is 17.6. The maximum absolute atomic E-state index is 12.4. The smallest absolute Gasteiger partial charge is 0.322 e. The van der Waals surface area contributed by atoms with E-state index in [2.05, 4.69) is 10.6 Å². The molecule has 1 aliphatic heterocycles. The number of ether oxygens (including phenoxy) is 1. The number of rotatable bonds is 4. The van der Waals surface area contributed by atoms with Gasteiger partial charge in [-0.3, -0.25) is 10.1 Å². The van der Waals surface area contributed by atoms with E-state index in [9.17, 15) is 9.59 Å². The van der Waals surface area contributed by atoms with E-state index in [4.69, 9.17) is 4.74 Å². The van der Waals surface area contributed by atoms with Gasteiger partial charge in [-0.05, 0) is 42.5 Å². The fraction of sp³-hybridized carbons (Fsp3) is 0.333. The summed E-state index contributed by atoms with van der Waals surface area (Å²) in [7, 11) is 1.60. The normalized spacial score (nSPS) is 14.8. The highest BCUT2D eigenvalue weighted by Crippen LogP contribution is 2.23. The van der Waals surface area contributed by atoms with Crippen LogP contribution in [0.15, 0.2) is 41.8 Å². The van der Waals surface area contributed by atoms with Crippen LogP contribution in [0.2, 0.25) is 0 Å². The van der Waals surface area contributed by atoms with E-state index in [0.717, 1.165) is 10.7 Å². The number of nitrogens with zero attached hydrogens (tertiary/aromatic N) is 1. The van der Waals surface area contributed by atoms with Crippen molar-refractivity contribution < 1.29 is 14.3 Å². The summed E-state index contributed by atoms with van der Waals surface area (Å²) >= 11 is 1.49. The fourth-order valence-corrected chi connectivity index (χ4v) is 3.43. The van der Waals surface area contributed by atoms with Crippen molar-refractivity contribution in [2.45, 2.75) is 12.8 Å². The van der Waals surface area contributed by atoms with E-state index < -0.39 is 0 Å². The third-order valence-electron chi connectivity index (χ3n) is 4.24. The lowest BCUT2D eigenvalue weighted by atomic mass is 9.96. The molecule has 1 aliphatic rings. The van der Waals surface area contributed by atoms with Crippen molar-refractivity contribution in [1.29, 1.82) is 0 Å². The molecular weight excluding hydrogens is 338 g/mol. The molecule has 0 unspecified atom stereocenters.